The number of anilines is 2. The number of halogens is 3. The number of benzene rings is 1. The Morgan fingerprint density at radius 1 is 1.07 bits per heavy atom. The molecule has 2 aromatic heterocycles. The third-order valence-electron chi connectivity index (χ3n) is 3.70. The average Bonchev–Trinajstić information content (AvgIpc) is 2.66. The number of aromatic nitrogens is 3. The quantitative estimate of drug-likeness (QED) is 0.690. The zero-order valence-corrected chi connectivity index (χ0v) is 14.8. The van der Waals surface area contributed by atoms with E-state index in [-0.39, 0.29) is 11.4 Å². The molecule has 0 saturated carbocycles. The van der Waals surface area contributed by atoms with Gasteiger partial charge in [-0.05, 0) is 37.3 Å². The lowest BCUT2D eigenvalue weighted by molar-refractivity contribution is -0.137. The Balaban J connectivity index is 1.74. The molecule has 0 unspecified atom stereocenters. The van der Waals surface area contributed by atoms with Crippen LogP contribution in [0.4, 0.5) is 24.7 Å². The van der Waals surface area contributed by atoms with Crippen molar-refractivity contribution >= 4 is 17.4 Å². The van der Waals surface area contributed by atoms with Gasteiger partial charge >= 0.3 is 6.18 Å². The molecule has 144 valence electrons. The molecule has 0 aliphatic rings. The number of carbonyl (C=O) groups is 1. The van der Waals surface area contributed by atoms with Crippen molar-refractivity contribution in [1.82, 2.24) is 15.0 Å². The fraction of sp³-hybridized carbons (Fsp3) is 0.158. The van der Waals surface area contributed by atoms with E-state index < -0.39 is 17.6 Å². The maximum Gasteiger partial charge on any atom is 0.416 e. The number of nitrogens with zero attached hydrogens (tertiary/aromatic N) is 3. The molecule has 1 amide bonds. The standard InChI is InChI=1S/C19H16F3N5O/c1-12-25-16(10-17(26-12)24-11-15-6-2-3-8-23-15)18(28)27-14-7-4-5-13(9-14)19(20,21)22/h2-10H,11H2,1H3,(H,27,28)(H,24,25,26). The zero-order valence-electron chi connectivity index (χ0n) is 14.8. The van der Waals surface area contributed by atoms with Crippen LogP contribution in [0, 0.1) is 6.92 Å². The summed E-state index contributed by atoms with van der Waals surface area (Å²) < 4.78 is 38.4. The normalized spacial score (nSPS) is 11.1. The summed E-state index contributed by atoms with van der Waals surface area (Å²) in [7, 11) is 0. The summed E-state index contributed by atoms with van der Waals surface area (Å²) in [5.41, 5.74) is 0.00290. The van der Waals surface area contributed by atoms with Crippen LogP contribution in [-0.2, 0) is 12.7 Å². The Kier molecular flexibility index (Phi) is 5.53. The van der Waals surface area contributed by atoms with E-state index in [1.807, 2.05) is 12.1 Å². The molecule has 3 aromatic rings. The van der Waals surface area contributed by atoms with Crippen LogP contribution in [0.3, 0.4) is 0 Å². The molecule has 1 aromatic carbocycles. The fourth-order valence-electron chi connectivity index (χ4n) is 2.43. The maximum atomic E-state index is 12.8. The highest BCUT2D eigenvalue weighted by molar-refractivity contribution is 6.03. The van der Waals surface area contributed by atoms with E-state index in [2.05, 4.69) is 25.6 Å². The number of rotatable bonds is 5. The Hall–Kier alpha value is -3.49. The highest BCUT2D eigenvalue weighted by Crippen LogP contribution is 2.30. The van der Waals surface area contributed by atoms with Crippen LogP contribution in [0.25, 0.3) is 0 Å². The predicted octanol–water partition coefficient (Wildman–Crippen LogP) is 4.06. The summed E-state index contributed by atoms with van der Waals surface area (Å²) >= 11 is 0. The van der Waals surface area contributed by atoms with Gasteiger partial charge in [-0.25, -0.2) is 9.97 Å². The predicted molar refractivity (Wildman–Crippen MR) is 97.7 cm³/mol. The first-order valence-corrected chi connectivity index (χ1v) is 8.29. The minimum Gasteiger partial charge on any atom is -0.364 e. The van der Waals surface area contributed by atoms with Crippen molar-refractivity contribution < 1.29 is 18.0 Å². The number of amides is 1. The summed E-state index contributed by atoms with van der Waals surface area (Å²) in [6.45, 7) is 2.01. The Labute approximate surface area is 158 Å². The van der Waals surface area contributed by atoms with Gasteiger partial charge < -0.3 is 10.6 Å². The minimum atomic E-state index is -4.49. The summed E-state index contributed by atoms with van der Waals surface area (Å²) in [6.07, 6.45) is -2.83. The second kappa shape index (κ2) is 8.03. The van der Waals surface area contributed by atoms with Crippen LogP contribution in [0.1, 0.15) is 27.6 Å². The lowest BCUT2D eigenvalue weighted by Gasteiger charge is -2.11. The van der Waals surface area contributed by atoms with Gasteiger partial charge in [0.15, 0.2) is 0 Å². The SMILES string of the molecule is Cc1nc(NCc2ccccn2)cc(C(=O)Nc2cccc(C(F)(F)F)c2)n1. The number of aryl methyl sites for hydroxylation is 1. The smallest absolute Gasteiger partial charge is 0.364 e. The molecule has 28 heavy (non-hydrogen) atoms. The van der Waals surface area contributed by atoms with E-state index in [9.17, 15) is 18.0 Å². The number of nitrogens with one attached hydrogen (secondary N) is 2. The van der Waals surface area contributed by atoms with Crippen LogP contribution in [-0.4, -0.2) is 20.9 Å². The van der Waals surface area contributed by atoms with Gasteiger partial charge in [0.25, 0.3) is 5.91 Å². The molecule has 0 atom stereocenters. The van der Waals surface area contributed by atoms with Crippen molar-refractivity contribution in [3.8, 4) is 0 Å². The molecular weight excluding hydrogens is 371 g/mol. The van der Waals surface area contributed by atoms with E-state index >= 15 is 0 Å². The van der Waals surface area contributed by atoms with Gasteiger partial charge in [0.05, 0.1) is 17.8 Å². The molecule has 0 aliphatic carbocycles. The van der Waals surface area contributed by atoms with Crippen molar-refractivity contribution in [3.05, 3.63) is 77.5 Å². The number of carbonyl (C=O) groups excluding carboxylic acids is 1. The summed E-state index contributed by atoms with van der Waals surface area (Å²) in [6, 6.07) is 11.3. The van der Waals surface area contributed by atoms with Gasteiger partial charge in [0, 0.05) is 18.0 Å². The minimum absolute atomic E-state index is 0.0269. The van der Waals surface area contributed by atoms with E-state index in [1.54, 1.807) is 19.2 Å². The fourth-order valence-corrected chi connectivity index (χ4v) is 2.43. The van der Waals surface area contributed by atoms with Crippen LogP contribution in [0.15, 0.2) is 54.7 Å². The molecular formula is C19H16F3N5O. The second-order valence-electron chi connectivity index (χ2n) is 5.89. The Morgan fingerprint density at radius 2 is 1.89 bits per heavy atom. The van der Waals surface area contributed by atoms with E-state index in [1.165, 1.54) is 18.2 Å². The molecule has 0 saturated heterocycles. The molecule has 0 fully saturated rings. The second-order valence-corrected chi connectivity index (χ2v) is 5.89. The van der Waals surface area contributed by atoms with E-state index in [0.29, 0.717) is 18.2 Å². The van der Waals surface area contributed by atoms with E-state index in [4.69, 9.17) is 0 Å². The summed E-state index contributed by atoms with van der Waals surface area (Å²) in [5.74, 6) is 0.123. The van der Waals surface area contributed by atoms with Crippen molar-refractivity contribution in [2.45, 2.75) is 19.6 Å². The van der Waals surface area contributed by atoms with Gasteiger partial charge in [-0.2, -0.15) is 13.2 Å². The van der Waals surface area contributed by atoms with Gasteiger partial charge in [0.2, 0.25) is 0 Å². The van der Waals surface area contributed by atoms with Gasteiger partial charge in [-0.1, -0.05) is 12.1 Å². The molecule has 0 radical (unpaired) electrons. The largest absolute Gasteiger partial charge is 0.416 e. The van der Waals surface area contributed by atoms with Crippen molar-refractivity contribution in [1.29, 1.82) is 0 Å². The third-order valence-corrected chi connectivity index (χ3v) is 3.70. The lowest BCUT2D eigenvalue weighted by Crippen LogP contribution is -2.16. The van der Waals surface area contributed by atoms with Gasteiger partial charge in [-0.3, -0.25) is 9.78 Å². The molecule has 0 spiro atoms. The van der Waals surface area contributed by atoms with Gasteiger partial charge in [0.1, 0.15) is 17.3 Å². The number of hydrogen-bond donors (Lipinski definition) is 2. The molecule has 9 heteroatoms. The highest BCUT2D eigenvalue weighted by Gasteiger charge is 2.30. The molecule has 0 bridgehead atoms. The highest BCUT2D eigenvalue weighted by atomic mass is 19.4. The number of alkyl halides is 3. The van der Waals surface area contributed by atoms with Crippen LogP contribution in [0.2, 0.25) is 0 Å². The van der Waals surface area contributed by atoms with Crippen LogP contribution in [0.5, 0.6) is 0 Å². The molecule has 3 rings (SSSR count). The lowest BCUT2D eigenvalue weighted by atomic mass is 10.2. The monoisotopic (exact) mass is 387 g/mol. The number of hydrogen-bond acceptors (Lipinski definition) is 5. The molecule has 2 heterocycles. The first-order chi connectivity index (χ1) is 13.3. The first-order valence-electron chi connectivity index (χ1n) is 8.29. The molecule has 2 N–H and O–H groups in total. The third kappa shape index (κ3) is 5.03. The summed E-state index contributed by atoms with van der Waals surface area (Å²) in [5, 5.41) is 5.48. The number of pyridine rings is 1. The van der Waals surface area contributed by atoms with Crippen LogP contribution < -0.4 is 10.6 Å². The van der Waals surface area contributed by atoms with Gasteiger partial charge in [-0.15, -0.1) is 0 Å². The zero-order chi connectivity index (χ0) is 20.1. The van der Waals surface area contributed by atoms with Crippen molar-refractivity contribution in [2.75, 3.05) is 10.6 Å². The summed E-state index contributed by atoms with van der Waals surface area (Å²) in [4.78, 5) is 24.9. The van der Waals surface area contributed by atoms with Crippen molar-refractivity contribution in [3.63, 3.8) is 0 Å². The van der Waals surface area contributed by atoms with E-state index in [0.717, 1.165) is 17.8 Å². The average molecular weight is 387 g/mol. The van der Waals surface area contributed by atoms with Crippen molar-refractivity contribution in [2.24, 2.45) is 0 Å². The Morgan fingerprint density at radius 3 is 2.61 bits per heavy atom. The van der Waals surface area contributed by atoms with Crippen LogP contribution >= 0.6 is 0 Å². The molecule has 6 nitrogen and oxygen atoms in total. The molecule has 0 aliphatic heterocycles. The topological polar surface area (TPSA) is 79.8 Å². The maximum absolute atomic E-state index is 12.8. The Bertz CT molecular complexity index is 977. The first kappa shape index (κ1) is 19.3.